The predicted octanol–water partition coefficient (Wildman–Crippen LogP) is 3.42. The fourth-order valence-electron chi connectivity index (χ4n) is 3.66. The van der Waals surface area contributed by atoms with Crippen LogP contribution in [0.3, 0.4) is 0 Å². The highest BCUT2D eigenvalue weighted by Gasteiger charge is 2.26. The van der Waals surface area contributed by atoms with E-state index in [0.29, 0.717) is 43.4 Å². The van der Waals surface area contributed by atoms with Crippen molar-refractivity contribution in [2.75, 3.05) is 36.4 Å². The van der Waals surface area contributed by atoms with Crippen molar-refractivity contribution < 1.29 is 18.7 Å². The van der Waals surface area contributed by atoms with Crippen LogP contribution in [0.15, 0.2) is 42.6 Å². The number of amides is 2. The maximum Gasteiger partial charge on any atom is 0.410 e. The molecule has 4 rings (SSSR count). The number of piperazine rings is 1. The minimum Gasteiger partial charge on any atom is -0.444 e. The van der Waals surface area contributed by atoms with Gasteiger partial charge in [0.25, 0.3) is 5.91 Å². The third-order valence-electron chi connectivity index (χ3n) is 5.47. The van der Waals surface area contributed by atoms with E-state index in [1.807, 2.05) is 26.8 Å². The molecule has 184 valence electrons. The van der Waals surface area contributed by atoms with Crippen molar-refractivity contribution >= 4 is 23.5 Å². The normalized spacial score (nSPS) is 14.1. The molecule has 35 heavy (non-hydrogen) atoms. The van der Waals surface area contributed by atoms with Gasteiger partial charge in [0.15, 0.2) is 5.69 Å². The molecule has 0 atom stereocenters. The van der Waals surface area contributed by atoms with Crippen molar-refractivity contribution in [2.24, 2.45) is 0 Å². The SMILES string of the molecule is Cc1c(C(=O)Nc2ccc(N3CCN(C(=O)OC(C)(C)C)CC3)cn2)nnn1-c1ccc(F)cc1. The van der Waals surface area contributed by atoms with E-state index < -0.39 is 11.5 Å². The average Bonchev–Trinajstić information content (AvgIpc) is 3.20. The molecular weight excluding hydrogens is 453 g/mol. The number of halogens is 1. The molecule has 11 heteroatoms. The number of hydrogen-bond acceptors (Lipinski definition) is 7. The highest BCUT2D eigenvalue weighted by Crippen LogP contribution is 2.20. The Morgan fingerprint density at radius 1 is 1.00 bits per heavy atom. The number of aromatic nitrogens is 4. The molecule has 0 saturated carbocycles. The van der Waals surface area contributed by atoms with Gasteiger partial charge in [-0.1, -0.05) is 5.21 Å². The van der Waals surface area contributed by atoms with E-state index in [2.05, 4.69) is 25.5 Å². The molecule has 1 fully saturated rings. The number of rotatable bonds is 4. The molecule has 0 unspecified atom stereocenters. The van der Waals surface area contributed by atoms with Crippen LogP contribution in [-0.2, 0) is 4.74 Å². The lowest BCUT2D eigenvalue weighted by Gasteiger charge is -2.36. The molecule has 0 bridgehead atoms. The molecule has 0 aliphatic carbocycles. The monoisotopic (exact) mass is 481 g/mol. The van der Waals surface area contributed by atoms with E-state index in [0.717, 1.165) is 5.69 Å². The summed E-state index contributed by atoms with van der Waals surface area (Å²) in [7, 11) is 0. The van der Waals surface area contributed by atoms with Gasteiger partial charge >= 0.3 is 6.09 Å². The summed E-state index contributed by atoms with van der Waals surface area (Å²) in [5, 5.41) is 10.7. The molecule has 2 aromatic heterocycles. The lowest BCUT2D eigenvalue weighted by Crippen LogP contribution is -2.50. The molecule has 1 aromatic carbocycles. The summed E-state index contributed by atoms with van der Waals surface area (Å²) < 4.78 is 20.1. The van der Waals surface area contributed by atoms with E-state index >= 15 is 0 Å². The zero-order valence-corrected chi connectivity index (χ0v) is 20.2. The van der Waals surface area contributed by atoms with Crippen LogP contribution in [0.2, 0.25) is 0 Å². The second-order valence-electron chi connectivity index (χ2n) is 9.22. The van der Waals surface area contributed by atoms with E-state index in [1.165, 1.54) is 16.8 Å². The van der Waals surface area contributed by atoms with E-state index in [-0.39, 0.29) is 17.6 Å². The number of nitrogens with one attached hydrogen (secondary N) is 1. The van der Waals surface area contributed by atoms with Gasteiger partial charge in [-0.2, -0.15) is 0 Å². The molecule has 0 spiro atoms. The average molecular weight is 482 g/mol. The predicted molar refractivity (Wildman–Crippen MR) is 128 cm³/mol. The Kier molecular flexibility index (Phi) is 6.68. The highest BCUT2D eigenvalue weighted by molar-refractivity contribution is 6.03. The molecular formula is C24H28FN7O3. The van der Waals surface area contributed by atoms with Crippen LogP contribution < -0.4 is 10.2 Å². The summed E-state index contributed by atoms with van der Waals surface area (Å²) in [6.07, 6.45) is 1.38. The van der Waals surface area contributed by atoms with Crippen LogP contribution in [0.1, 0.15) is 37.0 Å². The van der Waals surface area contributed by atoms with E-state index in [9.17, 15) is 14.0 Å². The molecule has 1 aliphatic rings. The zero-order valence-electron chi connectivity index (χ0n) is 20.2. The number of carbonyl (C=O) groups excluding carboxylic acids is 2. The first-order valence-corrected chi connectivity index (χ1v) is 11.3. The number of pyridine rings is 1. The van der Waals surface area contributed by atoms with Gasteiger partial charge < -0.3 is 19.9 Å². The van der Waals surface area contributed by atoms with Crippen LogP contribution in [0, 0.1) is 12.7 Å². The topological polar surface area (TPSA) is 105 Å². The lowest BCUT2D eigenvalue weighted by atomic mass is 10.2. The summed E-state index contributed by atoms with van der Waals surface area (Å²) in [5.41, 5.74) is 1.65. The molecule has 2 amide bonds. The van der Waals surface area contributed by atoms with Gasteiger partial charge in [-0.25, -0.2) is 18.9 Å². The third-order valence-corrected chi connectivity index (χ3v) is 5.47. The molecule has 1 saturated heterocycles. The van der Waals surface area contributed by atoms with Crippen LogP contribution in [-0.4, -0.2) is 68.7 Å². The van der Waals surface area contributed by atoms with Gasteiger partial charge in [0.1, 0.15) is 17.2 Å². The van der Waals surface area contributed by atoms with Crippen molar-refractivity contribution in [3.05, 3.63) is 59.8 Å². The first kappa shape index (κ1) is 24.1. The van der Waals surface area contributed by atoms with Crippen LogP contribution in [0.25, 0.3) is 5.69 Å². The number of anilines is 2. The van der Waals surface area contributed by atoms with Gasteiger partial charge in [-0.15, -0.1) is 5.10 Å². The molecule has 0 radical (unpaired) electrons. The largest absolute Gasteiger partial charge is 0.444 e. The lowest BCUT2D eigenvalue weighted by molar-refractivity contribution is 0.0240. The number of carbonyl (C=O) groups is 2. The summed E-state index contributed by atoms with van der Waals surface area (Å²) in [6.45, 7) is 9.67. The Balaban J connectivity index is 1.35. The van der Waals surface area contributed by atoms with E-state index in [1.54, 1.807) is 36.2 Å². The van der Waals surface area contributed by atoms with Gasteiger partial charge in [0.05, 0.1) is 23.3 Å². The van der Waals surface area contributed by atoms with Crippen LogP contribution in [0.5, 0.6) is 0 Å². The summed E-state index contributed by atoms with van der Waals surface area (Å²) >= 11 is 0. The van der Waals surface area contributed by atoms with Crippen molar-refractivity contribution in [3.8, 4) is 5.69 Å². The number of nitrogens with zero attached hydrogens (tertiary/aromatic N) is 6. The fraction of sp³-hybridized carbons (Fsp3) is 0.375. The number of benzene rings is 1. The van der Waals surface area contributed by atoms with Crippen LogP contribution in [0.4, 0.5) is 20.7 Å². The van der Waals surface area contributed by atoms with Gasteiger partial charge in [0, 0.05) is 26.2 Å². The van der Waals surface area contributed by atoms with E-state index in [4.69, 9.17) is 4.74 Å². The minimum absolute atomic E-state index is 0.151. The smallest absolute Gasteiger partial charge is 0.410 e. The highest BCUT2D eigenvalue weighted by atomic mass is 19.1. The van der Waals surface area contributed by atoms with Gasteiger partial charge in [-0.3, -0.25) is 4.79 Å². The quantitative estimate of drug-likeness (QED) is 0.609. The van der Waals surface area contributed by atoms with Gasteiger partial charge in [-0.05, 0) is 64.1 Å². The Morgan fingerprint density at radius 3 is 2.26 bits per heavy atom. The number of ether oxygens (including phenoxy) is 1. The fourth-order valence-corrected chi connectivity index (χ4v) is 3.66. The Bertz CT molecular complexity index is 1200. The maximum atomic E-state index is 13.2. The van der Waals surface area contributed by atoms with Crippen molar-refractivity contribution in [1.29, 1.82) is 0 Å². The molecule has 3 aromatic rings. The Morgan fingerprint density at radius 2 is 1.66 bits per heavy atom. The zero-order chi connectivity index (χ0) is 25.2. The molecule has 3 heterocycles. The molecule has 1 N–H and O–H groups in total. The summed E-state index contributed by atoms with van der Waals surface area (Å²) in [6, 6.07) is 9.35. The minimum atomic E-state index is -0.522. The standard InChI is InChI=1S/C24H28FN7O3/c1-16-21(28-29-32(16)18-7-5-17(25)6-8-18)22(33)27-20-10-9-19(15-26-20)30-11-13-31(14-12-30)23(34)35-24(2,3)4/h5-10,15H,11-14H2,1-4H3,(H,26,27,33). The van der Waals surface area contributed by atoms with Crippen molar-refractivity contribution in [1.82, 2.24) is 24.9 Å². The van der Waals surface area contributed by atoms with Crippen molar-refractivity contribution in [3.63, 3.8) is 0 Å². The first-order chi connectivity index (χ1) is 16.6. The second-order valence-corrected chi connectivity index (χ2v) is 9.22. The first-order valence-electron chi connectivity index (χ1n) is 11.3. The Hall–Kier alpha value is -4.02. The second kappa shape index (κ2) is 9.69. The summed E-state index contributed by atoms with van der Waals surface area (Å²) in [5.74, 6) is -0.423. The Labute approximate surface area is 202 Å². The van der Waals surface area contributed by atoms with Gasteiger partial charge in [0.2, 0.25) is 0 Å². The van der Waals surface area contributed by atoms with Crippen LogP contribution >= 0.6 is 0 Å². The third kappa shape index (κ3) is 5.73. The maximum absolute atomic E-state index is 13.2. The molecule has 1 aliphatic heterocycles. The molecule has 10 nitrogen and oxygen atoms in total. The number of hydrogen-bond donors (Lipinski definition) is 1. The summed E-state index contributed by atoms with van der Waals surface area (Å²) in [4.78, 5) is 33.2. The van der Waals surface area contributed by atoms with Crippen molar-refractivity contribution in [2.45, 2.75) is 33.3 Å².